The summed E-state index contributed by atoms with van der Waals surface area (Å²) in [6.07, 6.45) is 0. The minimum absolute atomic E-state index is 0.0333. The molecule has 3 aromatic rings. The predicted octanol–water partition coefficient (Wildman–Crippen LogP) is 3.63. The number of carbonyl (C=O) groups is 1. The molecule has 1 amide bonds. The van der Waals surface area contributed by atoms with Crippen LogP contribution in [0.25, 0.3) is 11.3 Å². The molecule has 4 N–H and O–H groups in total. The number of para-hydroxylation sites is 1. The molecule has 0 atom stereocenters. The molecule has 25 heavy (non-hydrogen) atoms. The number of amides is 1. The number of carbonyl (C=O) groups excluding carboxylic acids is 1. The molecule has 0 aliphatic carbocycles. The number of nitrogens with one attached hydrogen (secondary N) is 2. The standard InChI is InChI=1S/C16H11ClN4O3S/c17-11-3-1-2-4-12(11)19-15(22)14-13(20-16(18)25-14)9-5-7-10(8-6-9)21(23)24/h1-8H,(H2,18,20)(H,19,22)/p+1. The second-order valence-electron chi connectivity index (χ2n) is 5.03. The number of halogens is 1. The molecule has 0 saturated carbocycles. The van der Waals surface area contributed by atoms with Gasteiger partial charge in [-0.15, -0.1) is 0 Å². The zero-order valence-corrected chi connectivity index (χ0v) is 14.2. The van der Waals surface area contributed by atoms with Gasteiger partial charge in [-0.2, -0.15) is 0 Å². The smallest absolute Gasteiger partial charge is 0.320 e. The second-order valence-corrected chi connectivity index (χ2v) is 6.49. The number of hydrogen-bond acceptors (Lipinski definition) is 5. The van der Waals surface area contributed by atoms with Crippen LogP contribution in [0.5, 0.6) is 0 Å². The zero-order valence-electron chi connectivity index (χ0n) is 12.7. The number of thiazole rings is 1. The van der Waals surface area contributed by atoms with Crippen LogP contribution in [0.15, 0.2) is 48.5 Å². The van der Waals surface area contributed by atoms with Crippen molar-refractivity contribution in [1.82, 2.24) is 0 Å². The lowest BCUT2D eigenvalue weighted by Gasteiger charge is -2.06. The van der Waals surface area contributed by atoms with E-state index in [9.17, 15) is 14.9 Å². The van der Waals surface area contributed by atoms with Crippen LogP contribution in [-0.2, 0) is 0 Å². The number of nitrogens with zero attached hydrogens (tertiary/aromatic N) is 1. The molecule has 0 bridgehead atoms. The summed E-state index contributed by atoms with van der Waals surface area (Å²) in [6, 6.07) is 12.7. The Balaban J connectivity index is 1.94. The average Bonchev–Trinajstić information content (AvgIpc) is 2.99. The normalized spacial score (nSPS) is 10.4. The maximum Gasteiger partial charge on any atom is 0.330 e. The maximum absolute atomic E-state index is 12.6. The Hall–Kier alpha value is -2.97. The van der Waals surface area contributed by atoms with E-state index in [-0.39, 0.29) is 11.6 Å². The SMILES string of the molecule is Nc1[nH+]c(-c2ccc([N+](=O)[O-])cc2)c(C(=O)Nc2ccccc2Cl)s1. The van der Waals surface area contributed by atoms with E-state index in [0.717, 1.165) is 11.3 Å². The molecule has 1 heterocycles. The van der Waals surface area contributed by atoms with Crippen LogP contribution in [-0.4, -0.2) is 10.8 Å². The summed E-state index contributed by atoms with van der Waals surface area (Å²) < 4.78 is 0. The monoisotopic (exact) mass is 375 g/mol. The number of H-pyrrole nitrogens is 1. The Morgan fingerprint density at radius 2 is 1.88 bits per heavy atom. The van der Waals surface area contributed by atoms with E-state index >= 15 is 0 Å². The van der Waals surface area contributed by atoms with E-state index in [1.165, 1.54) is 12.1 Å². The first-order chi connectivity index (χ1) is 12.0. The number of non-ortho nitro benzene ring substituents is 1. The van der Waals surface area contributed by atoms with E-state index < -0.39 is 4.92 Å². The minimum atomic E-state index is -0.486. The van der Waals surface area contributed by atoms with E-state index in [1.54, 1.807) is 36.4 Å². The topological polar surface area (TPSA) is 112 Å². The molecule has 126 valence electrons. The lowest BCUT2D eigenvalue weighted by Crippen LogP contribution is -2.14. The molecule has 7 nitrogen and oxygen atoms in total. The highest BCUT2D eigenvalue weighted by Gasteiger charge is 2.23. The number of nitrogens with two attached hydrogens (primary N) is 1. The third kappa shape index (κ3) is 3.59. The fourth-order valence-electron chi connectivity index (χ4n) is 2.22. The van der Waals surface area contributed by atoms with Gasteiger partial charge in [0.1, 0.15) is 4.88 Å². The fourth-order valence-corrected chi connectivity index (χ4v) is 3.19. The first-order valence-corrected chi connectivity index (χ1v) is 8.27. The van der Waals surface area contributed by atoms with Crippen molar-refractivity contribution >= 4 is 45.4 Å². The Morgan fingerprint density at radius 1 is 1.20 bits per heavy atom. The van der Waals surface area contributed by atoms with Crippen LogP contribution >= 0.6 is 22.9 Å². The van der Waals surface area contributed by atoms with Gasteiger partial charge in [-0.05, 0) is 35.6 Å². The van der Waals surface area contributed by atoms with Crippen LogP contribution in [0.3, 0.4) is 0 Å². The van der Waals surface area contributed by atoms with Gasteiger partial charge in [0.25, 0.3) is 11.6 Å². The van der Waals surface area contributed by atoms with Crippen molar-refractivity contribution in [3.63, 3.8) is 0 Å². The van der Waals surface area contributed by atoms with Crippen molar-refractivity contribution < 1.29 is 14.7 Å². The number of benzene rings is 2. The fraction of sp³-hybridized carbons (Fsp3) is 0. The molecule has 0 aliphatic rings. The molecule has 1 aromatic heterocycles. The van der Waals surface area contributed by atoms with Crippen molar-refractivity contribution in [2.45, 2.75) is 0 Å². The summed E-state index contributed by atoms with van der Waals surface area (Å²) in [5, 5.41) is 14.3. The van der Waals surface area contributed by atoms with E-state index in [2.05, 4.69) is 10.3 Å². The van der Waals surface area contributed by atoms with Gasteiger partial charge in [-0.1, -0.05) is 23.7 Å². The quantitative estimate of drug-likeness (QED) is 0.535. The highest BCUT2D eigenvalue weighted by atomic mass is 35.5. The summed E-state index contributed by atoms with van der Waals surface area (Å²) in [5.74, 6) is -0.376. The van der Waals surface area contributed by atoms with Crippen LogP contribution in [0.4, 0.5) is 16.5 Å². The number of nitro benzene ring substituents is 1. The number of hydrogen-bond donors (Lipinski definition) is 2. The number of anilines is 2. The minimum Gasteiger partial charge on any atom is -0.320 e. The third-order valence-corrected chi connectivity index (χ3v) is 4.63. The summed E-state index contributed by atoms with van der Waals surface area (Å²) >= 11 is 7.14. The largest absolute Gasteiger partial charge is 0.330 e. The van der Waals surface area contributed by atoms with Crippen molar-refractivity contribution in [1.29, 1.82) is 0 Å². The van der Waals surface area contributed by atoms with E-state index in [4.69, 9.17) is 17.3 Å². The summed E-state index contributed by atoms with van der Waals surface area (Å²) in [5.41, 5.74) is 7.36. The number of aromatic nitrogens is 1. The van der Waals surface area contributed by atoms with Gasteiger partial charge in [0.05, 0.1) is 15.6 Å². The molecule has 0 radical (unpaired) electrons. The van der Waals surface area contributed by atoms with Gasteiger partial charge in [0.15, 0.2) is 5.69 Å². The molecule has 9 heteroatoms. The Labute approximate surface area is 151 Å². The molecule has 2 aromatic carbocycles. The van der Waals surface area contributed by atoms with E-state index in [1.807, 2.05) is 0 Å². The van der Waals surface area contributed by atoms with Crippen molar-refractivity contribution in [3.8, 4) is 11.3 Å². The average molecular weight is 376 g/mol. The zero-order chi connectivity index (χ0) is 18.0. The molecule has 0 unspecified atom stereocenters. The number of rotatable bonds is 4. The van der Waals surface area contributed by atoms with Gasteiger partial charge >= 0.3 is 5.13 Å². The van der Waals surface area contributed by atoms with Crippen molar-refractivity contribution in [3.05, 3.63) is 68.5 Å². The summed E-state index contributed by atoms with van der Waals surface area (Å²) in [4.78, 5) is 26.2. The molecule has 0 spiro atoms. The van der Waals surface area contributed by atoms with Crippen molar-refractivity contribution in [2.24, 2.45) is 0 Å². The molecular weight excluding hydrogens is 364 g/mol. The van der Waals surface area contributed by atoms with Crippen molar-refractivity contribution in [2.75, 3.05) is 11.1 Å². The highest BCUT2D eigenvalue weighted by Crippen LogP contribution is 2.29. The first-order valence-electron chi connectivity index (χ1n) is 7.08. The Morgan fingerprint density at radius 3 is 2.52 bits per heavy atom. The van der Waals surface area contributed by atoms with Crippen LogP contribution in [0, 0.1) is 10.1 Å². The Kier molecular flexibility index (Phi) is 4.64. The maximum atomic E-state index is 12.6. The van der Waals surface area contributed by atoms with Gasteiger partial charge < -0.3 is 5.32 Å². The van der Waals surface area contributed by atoms with Gasteiger partial charge in [-0.25, -0.2) is 4.98 Å². The van der Waals surface area contributed by atoms with Crippen LogP contribution in [0.2, 0.25) is 5.02 Å². The second kappa shape index (κ2) is 6.88. The summed E-state index contributed by atoms with van der Waals surface area (Å²) in [6.45, 7) is 0. The number of nitrogen functional groups attached to an aromatic ring is 1. The predicted molar refractivity (Wildman–Crippen MR) is 96.8 cm³/mol. The van der Waals surface area contributed by atoms with Gasteiger partial charge in [0.2, 0.25) is 0 Å². The van der Waals surface area contributed by atoms with Crippen LogP contribution in [0.1, 0.15) is 9.67 Å². The molecule has 0 fully saturated rings. The molecule has 0 saturated heterocycles. The van der Waals surface area contributed by atoms with Gasteiger partial charge in [-0.3, -0.25) is 20.6 Å². The number of nitro groups is 1. The lowest BCUT2D eigenvalue weighted by atomic mass is 10.1. The first kappa shape index (κ1) is 16.9. The highest BCUT2D eigenvalue weighted by molar-refractivity contribution is 7.17. The molecule has 3 rings (SSSR count). The lowest BCUT2D eigenvalue weighted by molar-refractivity contribution is -0.384. The van der Waals surface area contributed by atoms with Crippen LogP contribution < -0.4 is 16.0 Å². The number of aromatic amines is 1. The van der Waals surface area contributed by atoms with E-state index in [0.29, 0.717) is 32.0 Å². The summed E-state index contributed by atoms with van der Waals surface area (Å²) in [7, 11) is 0. The molecule has 0 aliphatic heterocycles. The third-order valence-electron chi connectivity index (χ3n) is 3.38. The van der Waals surface area contributed by atoms with Gasteiger partial charge in [0, 0.05) is 17.7 Å². The Bertz CT molecular complexity index is 956. The molecular formula is C16H12ClN4O3S+.